The molecule has 0 aromatic carbocycles. The molecule has 0 radical (unpaired) electrons. The van der Waals surface area contributed by atoms with E-state index in [9.17, 15) is 9.59 Å². The van der Waals surface area contributed by atoms with Crippen LogP contribution >= 0.6 is 11.8 Å². The van der Waals surface area contributed by atoms with Gasteiger partial charge in [-0.3, -0.25) is 9.59 Å². The summed E-state index contributed by atoms with van der Waals surface area (Å²) in [6.45, 7) is 2.59. The van der Waals surface area contributed by atoms with E-state index in [1.165, 1.54) is 44.9 Å². The quantitative estimate of drug-likeness (QED) is 0.710. The molecule has 1 spiro atoms. The van der Waals surface area contributed by atoms with Crippen molar-refractivity contribution < 1.29 is 9.59 Å². The molecule has 2 aliphatic carbocycles. The first-order valence-electron chi connectivity index (χ1n) is 11.4. The SMILES string of the molecule is O=C(CCC1CCCC1)N1CCC2(CC1)SCCN2C(=O)C1CCCCC1. The molecular weight excluding hydrogens is 356 g/mol. The highest BCUT2D eigenvalue weighted by atomic mass is 32.2. The molecule has 27 heavy (non-hydrogen) atoms. The molecule has 0 atom stereocenters. The van der Waals surface area contributed by atoms with Gasteiger partial charge in [-0.1, -0.05) is 44.9 Å². The number of carbonyl (C=O) groups is 2. The third-order valence-electron chi connectivity index (χ3n) is 7.54. The number of thioether (sulfide) groups is 1. The lowest BCUT2D eigenvalue weighted by Crippen LogP contribution is -2.55. The topological polar surface area (TPSA) is 40.6 Å². The molecular formula is C22H36N2O2S. The van der Waals surface area contributed by atoms with Crippen molar-refractivity contribution in [1.29, 1.82) is 0 Å². The zero-order valence-corrected chi connectivity index (χ0v) is 17.6. The van der Waals surface area contributed by atoms with Gasteiger partial charge in [0.1, 0.15) is 0 Å². The van der Waals surface area contributed by atoms with Crippen molar-refractivity contribution in [3.8, 4) is 0 Å². The van der Waals surface area contributed by atoms with E-state index in [0.717, 1.165) is 69.8 Å². The van der Waals surface area contributed by atoms with Gasteiger partial charge in [0, 0.05) is 37.7 Å². The zero-order chi connectivity index (χ0) is 18.7. The van der Waals surface area contributed by atoms with Crippen LogP contribution in [-0.4, -0.2) is 51.9 Å². The molecule has 5 heteroatoms. The minimum absolute atomic E-state index is 0.0171. The second kappa shape index (κ2) is 8.75. The first-order valence-corrected chi connectivity index (χ1v) is 12.4. The van der Waals surface area contributed by atoms with E-state index in [-0.39, 0.29) is 10.8 Å². The molecule has 2 heterocycles. The Morgan fingerprint density at radius 2 is 1.56 bits per heavy atom. The van der Waals surface area contributed by atoms with Gasteiger partial charge >= 0.3 is 0 Å². The van der Waals surface area contributed by atoms with Crippen LogP contribution in [0.4, 0.5) is 0 Å². The second-order valence-corrected chi connectivity index (χ2v) is 10.6. The summed E-state index contributed by atoms with van der Waals surface area (Å²) in [5, 5.41) is 0. The summed E-state index contributed by atoms with van der Waals surface area (Å²) in [5.74, 6) is 2.89. The molecule has 2 amide bonds. The fourth-order valence-corrected chi connectivity index (χ4v) is 7.26. The lowest BCUT2D eigenvalue weighted by Gasteiger charge is -2.45. The monoisotopic (exact) mass is 392 g/mol. The molecule has 2 saturated carbocycles. The van der Waals surface area contributed by atoms with Crippen LogP contribution in [0, 0.1) is 11.8 Å². The zero-order valence-electron chi connectivity index (χ0n) is 16.8. The van der Waals surface area contributed by atoms with Gasteiger partial charge in [0.25, 0.3) is 0 Å². The molecule has 0 bridgehead atoms. The Morgan fingerprint density at radius 3 is 2.26 bits per heavy atom. The van der Waals surface area contributed by atoms with Crippen LogP contribution in [0.25, 0.3) is 0 Å². The maximum absolute atomic E-state index is 13.2. The molecule has 4 aliphatic rings. The predicted molar refractivity (Wildman–Crippen MR) is 110 cm³/mol. The standard InChI is InChI=1S/C22H36N2O2S/c25-20(11-10-18-6-4-5-7-18)23-14-12-22(13-15-23)24(16-17-27-22)21(26)19-8-2-1-3-9-19/h18-19H,1-17H2. The van der Waals surface area contributed by atoms with Crippen LogP contribution in [0.15, 0.2) is 0 Å². The number of amides is 2. The molecule has 4 nitrogen and oxygen atoms in total. The van der Waals surface area contributed by atoms with Gasteiger partial charge < -0.3 is 9.80 Å². The number of piperidine rings is 1. The number of hydrogen-bond donors (Lipinski definition) is 0. The average molecular weight is 393 g/mol. The molecule has 0 aromatic rings. The van der Waals surface area contributed by atoms with Gasteiger partial charge in [0.05, 0.1) is 4.87 Å². The minimum Gasteiger partial charge on any atom is -0.342 e. The van der Waals surface area contributed by atoms with Crippen molar-refractivity contribution in [1.82, 2.24) is 9.80 Å². The maximum atomic E-state index is 13.2. The van der Waals surface area contributed by atoms with Crippen LogP contribution in [0.5, 0.6) is 0 Å². The van der Waals surface area contributed by atoms with E-state index in [1.807, 2.05) is 11.8 Å². The Kier molecular flexibility index (Phi) is 6.35. The highest BCUT2D eigenvalue weighted by Crippen LogP contribution is 2.45. The van der Waals surface area contributed by atoms with Gasteiger partial charge in [0.15, 0.2) is 0 Å². The summed E-state index contributed by atoms with van der Waals surface area (Å²) < 4.78 is 0. The molecule has 4 rings (SSSR count). The maximum Gasteiger partial charge on any atom is 0.226 e. The van der Waals surface area contributed by atoms with E-state index in [2.05, 4.69) is 9.80 Å². The molecule has 0 aromatic heterocycles. The predicted octanol–water partition coefficient (Wildman–Crippen LogP) is 4.43. The Morgan fingerprint density at radius 1 is 0.889 bits per heavy atom. The van der Waals surface area contributed by atoms with Crippen molar-refractivity contribution in [3.63, 3.8) is 0 Å². The highest BCUT2D eigenvalue weighted by molar-refractivity contribution is 8.00. The third kappa shape index (κ3) is 4.33. The molecule has 152 valence electrons. The van der Waals surface area contributed by atoms with Crippen LogP contribution < -0.4 is 0 Å². The number of likely N-dealkylation sites (tertiary alicyclic amines) is 1. The van der Waals surface area contributed by atoms with Crippen LogP contribution in [-0.2, 0) is 9.59 Å². The van der Waals surface area contributed by atoms with Gasteiger partial charge in [-0.2, -0.15) is 0 Å². The van der Waals surface area contributed by atoms with Crippen molar-refractivity contribution in [2.75, 3.05) is 25.4 Å². The Bertz CT molecular complexity index is 532. The Labute approximate surface area is 168 Å². The Hall–Kier alpha value is -0.710. The third-order valence-corrected chi connectivity index (χ3v) is 9.09. The van der Waals surface area contributed by atoms with Crippen molar-refractivity contribution in [3.05, 3.63) is 0 Å². The van der Waals surface area contributed by atoms with E-state index in [4.69, 9.17) is 0 Å². The molecule has 0 N–H and O–H groups in total. The molecule has 2 aliphatic heterocycles. The summed E-state index contributed by atoms with van der Waals surface area (Å²) >= 11 is 1.98. The Balaban J connectivity index is 1.29. The smallest absolute Gasteiger partial charge is 0.226 e. The van der Waals surface area contributed by atoms with Crippen molar-refractivity contribution >= 4 is 23.6 Å². The summed E-state index contributed by atoms with van der Waals surface area (Å²) in [4.78, 5) is 30.1. The van der Waals surface area contributed by atoms with Crippen molar-refractivity contribution in [2.45, 2.75) is 88.3 Å². The minimum atomic E-state index is -0.0171. The van der Waals surface area contributed by atoms with E-state index in [0.29, 0.717) is 11.8 Å². The van der Waals surface area contributed by atoms with Gasteiger partial charge in [0.2, 0.25) is 11.8 Å². The summed E-state index contributed by atoms with van der Waals surface area (Å²) in [7, 11) is 0. The van der Waals surface area contributed by atoms with Gasteiger partial charge in [-0.05, 0) is 38.0 Å². The molecule has 2 saturated heterocycles. The first kappa shape index (κ1) is 19.6. The molecule has 0 unspecified atom stereocenters. The first-order chi connectivity index (χ1) is 13.2. The number of nitrogens with zero attached hydrogens (tertiary/aromatic N) is 2. The average Bonchev–Trinajstić information content (AvgIpc) is 3.37. The normalized spacial score (nSPS) is 26.8. The number of carbonyl (C=O) groups excluding carboxylic acids is 2. The lowest BCUT2D eigenvalue weighted by molar-refractivity contribution is -0.141. The van der Waals surface area contributed by atoms with E-state index < -0.39 is 0 Å². The van der Waals surface area contributed by atoms with Crippen LogP contribution in [0.2, 0.25) is 0 Å². The van der Waals surface area contributed by atoms with Crippen LogP contribution in [0.3, 0.4) is 0 Å². The lowest BCUT2D eigenvalue weighted by atomic mass is 9.87. The van der Waals surface area contributed by atoms with Crippen molar-refractivity contribution in [2.24, 2.45) is 11.8 Å². The summed E-state index contributed by atoms with van der Waals surface area (Å²) in [6.07, 6.45) is 15.0. The largest absolute Gasteiger partial charge is 0.342 e. The fraction of sp³-hybridized carbons (Fsp3) is 0.909. The second-order valence-electron chi connectivity index (χ2n) is 9.19. The fourth-order valence-electron chi connectivity index (χ4n) is 5.79. The highest BCUT2D eigenvalue weighted by Gasteiger charge is 2.48. The van der Waals surface area contributed by atoms with E-state index in [1.54, 1.807) is 0 Å². The summed E-state index contributed by atoms with van der Waals surface area (Å²) in [5.41, 5.74) is 0. The van der Waals surface area contributed by atoms with E-state index >= 15 is 0 Å². The number of rotatable bonds is 4. The van der Waals surface area contributed by atoms with Gasteiger partial charge in [-0.25, -0.2) is 0 Å². The molecule has 4 fully saturated rings. The summed E-state index contributed by atoms with van der Waals surface area (Å²) in [6, 6.07) is 0. The van der Waals surface area contributed by atoms with Gasteiger partial charge in [-0.15, -0.1) is 11.8 Å². The van der Waals surface area contributed by atoms with Crippen LogP contribution in [0.1, 0.15) is 83.5 Å². The number of hydrogen-bond acceptors (Lipinski definition) is 3.